The molecule has 13 heavy (non-hydrogen) atoms. The molecule has 3 N–H and O–H groups in total. The molecule has 0 aromatic rings. The molecule has 1 unspecified atom stereocenters. The van der Waals surface area contributed by atoms with Gasteiger partial charge in [-0.2, -0.15) is 13.5 Å². The van der Waals surface area contributed by atoms with Gasteiger partial charge in [-0.15, -0.1) is 0 Å². The number of nitrogens with one attached hydrogen (secondary N) is 1. The first-order chi connectivity index (χ1) is 5.99. The van der Waals surface area contributed by atoms with Gasteiger partial charge in [0.05, 0.1) is 5.75 Å². The van der Waals surface area contributed by atoms with Gasteiger partial charge in [0.2, 0.25) is 0 Å². The summed E-state index contributed by atoms with van der Waals surface area (Å²) in [5, 5.41) is 13.4. The van der Waals surface area contributed by atoms with Crippen molar-refractivity contribution in [3.8, 4) is 0 Å². The highest BCUT2D eigenvalue weighted by Gasteiger charge is 2.21. The Labute approximate surface area is 77.2 Å². The Bertz CT molecular complexity index is 253. The number of nitrogens with zero attached hydrogens (tertiary/aromatic N) is 1. The fourth-order valence-corrected chi connectivity index (χ4v) is 1.86. The second-order valence-electron chi connectivity index (χ2n) is 3.10. The van der Waals surface area contributed by atoms with Gasteiger partial charge in [0, 0.05) is 25.7 Å². The van der Waals surface area contributed by atoms with Crippen LogP contribution in [-0.2, 0) is 10.1 Å². The van der Waals surface area contributed by atoms with Crippen molar-refractivity contribution in [2.75, 3.05) is 25.4 Å². The number of hydroxylamine groups is 2. The molecule has 0 saturated carbocycles. The molecular weight excluding hydrogens is 196 g/mol. The summed E-state index contributed by atoms with van der Waals surface area (Å²) in [7, 11) is -3.91. The molecule has 0 bridgehead atoms. The lowest BCUT2D eigenvalue weighted by atomic mass is 10.2. The summed E-state index contributed by atoms with van der Waals surface area (Å²) in [4.78, 5) is 0. The standard InChI is InChI=1S/C6H14N2O4S/c9-8-3-2-7-5-6(8)1-4-13(10,11)12/h6-7,9H,1-5H2,(H,10,11,12). The first-order valence-electron chi connectivity index (χ1n) is 4.10. The highest BCUT2D eigenvalue weighted by Crippen LogP contribution is 2.05. The van der Waals surface area contributed by atoms with E-state index in [1.54, 1.807) is 0 Å². The summed E-state index contributed by atoms with van der Waals surface area (Å²) in [6, 6.07) is -0.226. The fourth-order valence-electron chi connectivity index (χ4n) is 1.29. The number of hydrogen-bond acceptors (Lipinski definition) is 5. The smallest absolute Gasteiger partial charge is 0.264 e. The summed E-state index contributed by atoms with van der Waals surface area (Å²) < 4.78 is 29.3. The molecule has 1 heterocycles. The van der Waals surface area contributed by atoms with Crippen LogP contribution in [0, 0.1) is 0 Å². The van der Waals surface area contributed by atoms with E-state index >= 15 is 0 Å². The van der Waals surface area contributed by atoms with Crippen LogP contribution in [0.5, 0.6) is 0 Å². The predicted octanol–water partition coefficient (Wildman–Crippen LogP) is -1.07. The van der Waals surface area contributed by atoms with E-state index in [-0.39, 0.29) is 18.2 Å². The molecule has 0 aromatic heterocycles. The van der Waals surface area contributed by atoms with Gasteiger partial charge in [0.1, 0.15) is 0 Å². The van der Waals surface area contributed by atoms with Crippen molar-refractivity contribution in [1.29, 1.82) is 0 Å². The minimum Gasteiger partial charge on any atom is -0.314 e. The van der Waals surface area contributed by atoms with Gasteiger partial charge < -0.3 is 10.5 Å². The maximum absolute atomic E-state index is 10.4. The second kappa shape index (κ2) is 4.34. The monoisotopic (exact) mass is 210 g/mol. The molecule has 1 atom stereocenters. The van der Waals surface area contributed by atoms with Gasteiger partial charge in [0.15, 0.2) is 0 Å². The number of piperazine rings is 1. The van der Waals surface area contributed by atoms with Gasteiger partial charge in [-0.25, -0.2) is 0 Å². The topological polar surface area (TPSA) is 89.9 Å². The maximum atomic E-state index is 10.4. The van der Waals surface area contributed by atoms with E-state index in [4.69, 9.17) is 4.55 Å². The molecule has 1 fully saturated rings. The average molecular weight is 210 g/mol. The molecule has 7 heteroatoms. The predicted molar refractivity (Wildman–Crippen MR) is 46.2 cm³/mol. The molecule has 1 aliphatic heterocycles. The molecule has 0 aliphatic carbocycles. The zero-order valence-corrected chi connectivity index (χ0v) is 8.00. The van der Waals surface area contributed by atoms with Crippen LogP contribution >= 0.6 is 0 Å². The fraction of sp³-hybridized carbons (Fsp3) is 1.00. The van der Waals surface area contributed by atoms with Crippen LogP contribution in [0.3, 0.4) is 0 Å². The van der Waals surface area contributed by atoms with E-state index in [1.807, 2.05) is 0 Å². The van der Waals surface area contributed by atoms with Crippen LogP contribution in [0.2, 0.25) is 0 Å². The van der Waals surface area contributed by atoms with Crippen LogP contribution in [0.4, 0.5) is 0 Å². The van der Waals surface area contributed by atoms with Crippen molar-refractivity contribution in [2.24, 2.45) is 0 Å². The molecule has 6 nitrogen and oxygen atoms in total. The normalized spacial score (nSPS) is 26.2. The van der Waals surface area contributed by atoms with Crippen LogP contribution in [0.25, 0.3) is 0 Å². The van der Waals surface area contributed by atoms with E-state index < -0.39 is 10.1 Å². The Hall–Kier alpha value is -0.210. The zero-order chi connectivity index (χ0) is 9.90. The van der Waals surface area contributed by atoms with Crippen molar-refractivity contribution < 1.29 is 18.2 Å². The van der Waals surface area contributed by atoms with E-state index in [2.05, 4.69) is 5.32 Å². The highest BCUT2D eigenvalue weighted by molar-refractivity contribution is 7.85. The third-order valence-corrected chi connectivity index (χ3v) is 2.78. The molecule has 0 spiro atoms. The minimum absolute atomic E-state index is 0.226. The third-order valence-electron chi connectivity index (χ3n) is 2.03. The largest absolute Gasteiger partial charge is 0.314 e. The van der Waals surface area contributed by atoms with Crippen molar-refractivity contribution in [3.05, 3.63) is 0 Å². The molecule has 0 radical (unpaired) electrons. The van der Waals surface area contributed by atoms with Crippen molar-refractivity contribution >= 4 is 10.1 Å². The van der Waals surface area contributed by atoms with Crippen LogP contribution in [0.15, 0.2) is 0 Å². The maximum Gasteiger partial charge on any atom is 0.264 e. The Morgan fingerprint density at radius 2 is 2.23 bits per heavy atom. The Morgan fingerprint density at radius 3 is 2.77 bits per heavy atom. The van der Waals surface area contributed by atoms with Gasteiger partial charge in [-0.3, -0.25) is 4.55 Å². The lowest BCUT2D eigenvalue weighted by molar-refractivity contribution is -0.136. The van der Waals surface area contributed by atoms with E-state index in [0.29, 0.717) is 19.6 Å². The number of rotatable bonds is 3. The summed E-state index contributed by atoms with van der Waals surface area (Å²) >= 11 is 0. The first kappa shape index (κ1) is 10.9. The second-order valence-corrected chi connectivity index (χ2v) is 4.67. The molecule has 1 saturated heterocycles. The summed E-state index contributed by atoms with van der Waals surface area (Å²) in [6.45, 7) is 1.72. The van der Waals surface area contributed by atoms with Gasteiger partial charge in [-0.1, -0.05) is 0 Å². The highest BCUT2D eigenvalue weighted by atomic mass is 32.2. The number of hydrogen-bond donors (Lipinski definition) is 3. The third kappa shape index (κ3) is 4.01. The average Bonchev–Trinajstić information content (AvgIpc) is 2.01. The molecule has 1 aliphatic rings. The lowest BCUT2D eigenvalue weighted by Crippen LogP contribution is -2.50. The Balaban J connectivity index is 2.35. The van der Waals surface area contributed by atoms with E-state index in [0.717, 1.165) is 5.06 Å². The molecule has 78 valence electrons. The summed E-state index contributed by atoms with van der Waals surface area (Å²) in [5.41, 5.74) is 0. The zero-order valence-electron chi connectivity index (χ0n) is 7.18. The quantitative estimate of drug-likeness (QED) is 0.514. The van der Waals surface area contributed by atoms with Crippen molar-refractivity contribution in [1.82, 2.24) is 10.4 Å². The molecule has 0 aromatic carbocycles. The molecular formula is C6H14N2O4S. The molecule has 0 amide bonds. The van der Waals surface area contributed by atoms with Gasteiger partial charge in [0.25, 0.3) is 10.1 Å². The van der Waals surface area contributed by atoms with Crippen LogP contribution < -0.4 is 5.32 Å². The molecule has 1 rings (SSSR count). The van der Waals surface area contributed by atoms with Crippen LogP contribution in [-0.4, -0.2) is 54.7 Å². The van der Waals surface area contributed by atoms with Crippen molar-refractivity contribution in [3.63, 3.8) is 0 Å². The Kier molecular flexibility index (Phi) is 3.63. The summed E-state index contributed by atoms with van der Waals surface area (Å²) in [6.07, 6.45) is 0.238. The SMILES string of the molecule is O=S(=O)(O)CCC1CNCCN1O. The minimum atomic E-state index is -3.91. The van der Waals surface area contributed by atoms with E-state index in [1.165, 1.54) is 0 Å². The summed E-state index contributed by atoms with van der Waals surface area (Å²) in [5.74, 6) is -0.309. The van der Waals surface area contributed by atoms with E-state index in [9.17, 15) is 13.6 Å². The Morgan fingerprint density at radius 1 is 1.54 bits per heavy atom. The van der Waals surface area contributed by atoms with Gasteiger partial charge in [-0.05, 0) is 6.42 Å². The van der Waals surface area contributed by atoms with Crippen LogP contribution in [0.1, 0.15) is 6.42 Å². The lowest BCUT2D eigenvalue weighted by Gasteiger charge is -2.30. The van der Waals surface area contributed by atoms with Crippen molar-refractivity contribution in [2.45, 2.75) is 12.5 Å². The van der Waals surface area contributed by atoms with Gasteiger partial charge >= 0.3 is 0 Å². The first-order valence-corrected chi connectivity index (χ1v) is 5.71.